The molecule has 0 unspecified atom stereocenters. The molecule has 3 saturated carbocycles. The fourth-order valence-corrected chi connectivity index (χ4v) is 8.56. The first-order valence-corrected chi connectivity index (χ1v) is 13.3. The standard InChI is InChI=1S/C30H39NO4.3H2S/c1-5-29(33)14-11-24-22-10-13-28(32)19-30(34-16-17-35-30)15-12-25(28)26(22)23(18-27(24,29)2)20-6-8-21(9-7-20)31(3)4;;;/h1,6-9,22-24,32-33H,10-19H2,2-4H3;3*1H2/t22-,23+,24-,27-,28+,29-;;;/m0.../s1. The van der Waals surface area contributed by atoms with Crippen molar-refractivity contribution in [2.75, 3.05) is 32.2 Å². The molecule has 0 bridgehead atoms. The van der Waals surface area contributed by atoms with Gasteiger partial charge in [0.05, 0.1) is 18.8 Å². The van der Waals surface area contributed by atoms with E-state index in [2.05, 4.69) is 56.1 Å². The van der Waals surface area contributed by atoms with Gasteiger partial charge in [0.2, 0.25) is 0 Å². The van der Waals surface area contributed by atoms with Crippen LogP contribution in [0.3, 0.4) is 0 Å². The predicted molar refractivity (Wildman–Crippen MR) is 167 cm³/mol. The van der Waals surface area contributed by atoms with Gasteiger partial charge in [-0.15, -0.1) is 6.42 Å². The maximum atomic E-state index is 12.1. The normalized spacial score (nSPS) is 38.5. The third kappa shape index (κ3) is 4.55. The van der Waals surface area contributed by atoms with Crippen molar-refractivity contribution in [3.63, 3.8) is 0 Å². The van der Waals surface area contributed by atoms with Crippen molar-refractivity contribution in [2.45, 2.75) is 81.2 Å². The lowest BCUT2D eigenvalue weighted by Gasteiger charge is -2.57. The number of aliphatic hydroxyl groups is 2. The molecule has 6 atom stereocenters. The lowest BCUT2D eigenvalue weighted by Crippen LogP contribution is -2.55. The van der Waals surface area contributed by atoms with Gasteiger partial charge < -0.3 is 24.6 Å². The third-order valence-electron chi connectivity index (χ3n) is 10.4. The van der Waals surface area contributed by atoms with Crippen molar-refractivity contribution >= 4 is 46.2 Å². The molecule has 0 aromatic heterocycles. The molecule has 6 rings (SSSR count). The van der Waals surface area contributed by atoms with Crippen molar-refractivity contribution in [1.82, 2.24) is 0 Å². The van der Waals surface area contributed by atoms with E-state index < -0.39 is 17.0 Å². The number of terminal acetylenes is 1. The summed E-state index contributed by atoms with van der Waals surface area (Å²) >= 11 is 0. The van der Waals surface area contributed by atoms with Gasteiger partial charge in [-0.25, -0.2) is 0 Å². The van der Waals surface area contributed by atoms with Crippen molar-refractivity contribution in [3.05, 3.63) is 41.0 Å². The largest absolute Gasteiger partial charge is 0.385 e. The minimum Gasteiger partial charge on any atom is -0.385 e. The van der Waals surface area contributed by atoms with Crippen LogP contribution in [0.5, 0.6) is 0 Å². The molecular weight excluding hydrogens is 535 g/mol. The second-order valence-corrected chi connectivity index (χ2v) is 12.2. The molecule has 0 amide bonds. The highest BCUT2D eigenvalue weighted by molar-refractivity contribution is 7.59. The minimum absolute atomic E-state index is 0. The first-order chi connectivity index (χ1) is 16.6. The Morgan fingerprint density at radius 3 is 2.24 bits per heavy atom. The van der Waals surface area contributed by atoms with Crippen LogP contribution in [0.2, 0.25) is 0 Å². The summed E-state index contributed by atoms with van der Waals surface area (Å²) in [5.41, 5.74) is 2.76. The summed E-state index contributed by atoms with van der Waals surface area (Å²) in [6, 6.07) is 8.83. The summed E-state index contributed by atoms with van der Waals surface area (Å²) in [6.45, 7) is 3.44. The van der Waals surface area contributed by atoms with Gasteiger partial charge in [0.25, 0.3) is 0 Å². The molecule has 5 nitrogen and oxygen atoms in total. The molecule has 1 aromatic rings. The summed E-state index contributed by atoms with van der Waals surface area (Å²) < 4.78 is 12.1. The second-order valence-electron chi connectivity index (χ2n) is 12.2. The van der Waals surface area contributed by atoms with Crippen LogP contribution < -0.4 is 4.90 Å². The van der Waals surface area contributed by atoms with E-state index in [0.29, 0.717) is 37.9 Å². The highest BCUT2D eigenvalue weighted by Crippen LogP contribution is 2.67. The predicted octanol–water partition coefficient (Wildman–Crippen LogP) is 4.72. The summed E-state index contributed by atoms with van der Waals surface area (Å²) in [5, 5.41) is 23.7. The molecule has 2 N–H and O–H groups in total. The maximum Gasteiger partial charge on any atom is 0.171 e. The van der Waals surface area contributed by atoms with Crippen LogP contribution in [0.4, 0.5) is 5.69 Å². The highest BCUT2D eigenvalue weighted by Gasteiger charge is 2.64. The Kier molecular flexibility index (Phi) is 9.09. The van der Waals surface area contributed by atoms with Crippen LogP contribution in [0.25, 0.3) is 0 Å². The number of hydrogen-bond acceptors (Lipinski definition) is 5. The van der Waals surface area contributed by atoms with Gasteiger partial charge in [0.15, 0.2) is 5.79 Å². The van der Waals surface area contributed by atoms with Gasteiger partial charge in [0.1, 0.15) is 5.60 Å². The molecule has 38 heavy (non-hydrogen) atoms. The summed E-state index contributed by atoms with van der Waals surface area (Å²) in [5.74, 6) is 3.00. The fraction of sp³-hybridized carbons (Fsp3) is 0.667. The Balaban J connectivity index is 0.00000133. The van der Waals surface area contributed by atoms with Crippen LogP contribution in [0.1, 0.15) is 69.8 Å². The molecule has 1 aliphatic heterocycles. The molecule has 5 aliphatic rings. The number of allylic oxidation sites excluding steroid dienone is 1. The lowest BCUT2D eigenvalue weighted by molar-refractivity contribution is -0.208. The van der Waals surface area contributed by atoms with Gasteiger partial charge in [-0.05, 0) is 73.6 Å². The SMILES string of the molecule is C#C[C@]1(O)CC[C@H]2[C@@H]3CC[C@@]4(O)CC5(CCC4=C3[C@@H](c3ccc(N(C)C)cc3)C[C@@]21C)OCCO5.S.S.S. The van der Waals surface area contributed by atoms with Crippen LogP contribution in [0, 0.1) is 29.6 Å². The Morgan fingerprint density at radius 1 is 0.974 bits per heavy atom. The van der Waals surface area contributed by atoms with E-state index >= 15 is 0 Å². The van der Waals surface area contributed by atoms with Gasteiger partial charge in [-0.2, -0.15) is 40.5 Å². The zero-order valence-corrected chi connectivity index (χ0v) is 25.8. The quantitative estimate of drug-likeness (QED) is 0.392. The summed E-state index contributed by atoms with van der Waals surface area (Å²) in [4.78, 5) is 2.11. The van der Waals surface area contributed by atoms with E-state index in [9.17, 15) is 10.2 Å². The molecule has 1 aromatic carbocycles. The second kappa shape index (κ2) is 10.9. The zero-order chi connectivity index (χ0) is 24.6. The van der Waals surface area contributed by atoms with Crippen LogP contribution in [-0.2, 0) is 9.47 Å². The van der Waals surface area contributed by atoms with E-state index in [1.807, 2.05) is 0 Å². The first-order valence-electron chi connectivity index (χ1n) is 13.3. The molecule has 4 aliphatic carbocycles. The van der Waals surface area contributed by atoms with E-state index in [1.54, 1.807) is 0 Å². The van der Waals surface area contributed by atoms with E-state index in [4.69, 9.17) is 15.9 Å². The highest BCUT2D eigenvalue weighted by atomic mass is 32.1. The molecule has 1 spiro atoms. The van der Waals surface area contributed by atoms with E-state index in [1.165, 1.54) is 22.4 Å². The fourth-order valence-electron chi connectivity index (χ4n) is 8.56. The third-order valence-corrected chi connectivity index (χ3v) is 10.4. The lowest BCUT2D eigenvalue weighted by atomic mass is 9.49. The van der Waals surface area contributed by atoms with Crippen molar-refractivity contribution in [3.8, 4) is 12.3 Å². The van der Waals surface area contributed by atoms with Gasteiger partial charge in [-0.3, -0.25) is 0 Å². The zero-order valence-electron chi connectivity index (χ0n) is 22.8. The first kappa shape index (κ1) is 31.7. The molecule has 1 heterocycles. The van der Waals surface area contributed by atoms with Crippen molar-refractivity contribution in [2.24, 2.45) is 17.3 Å². The molecule has 0 radical (unpaired) electrons. The van der Waals surface area contributed by atoms with Gasteiger partial charge in [0, 0.05) is 44.0 Å². The topological polar surface area (TPSA) is 62.2 Å². The number of benzene rings is 1. The number of anilines is 1. The summed E-state index contributed by atoms with van der Waals surface area (Å²) in [6.07, 6.45) is 12.1. The average Bonchev–Trinajstić information content (AvgIpc) is 3.39. The summed E-state index contributed by atoms with van der Waals surface area (Å²) in [7, 11) is 4.11. The number of nitrogens with zero attached hydrogens (tertiary/aromatic N) is 1. The van der Waals surface area contributed by atoms with Crippen molar-refractivity contribution < 1.29 is 19.7 Å². The van der Waals surface area contributed by atoms with Crippen molar-refractivity contribution in [1.29, 1.82) is 0 Å². The molecule has 4 fully saturated rings. The van der Waals surface area contributed by atoms with Crippen LogP contribution in [0.15, 0.2) is 35.4 Å². The van der Waals surface area contributed by atoms with Gasteiger partial charge in [-0.1, -0.05) is 30.6 Å². The van der Waals surface area contributed by atoms with E-state index in [-0.39, 0.29) is 51.8 Å². The minimum atomic E-state index is -1.08. The number of hydrogen-bond donors (Lipinski definition) is 2. The monoisotopic (exact) mass is 579 g/mol. The number of ether oxygens (including phenoxy) is 2. The Hall–Kier alpha value is -0.790. The maximum absolute atomic E-state index is 12.1. The smallest absolute Gasteiger partial charge is 0.171 e. The molecule has 1 saturated heterocycles. The molecule has 8 heteroatoms. The van der Waals surface area contributed by atoms with Crippen LogP contribution in [-0.4, -0.2) is 54.5 Å². The van der Waals surface area contributed by atoms with Crippen LogP contribution >= 0.6 is 40.5 Å². The Morgan fingerprint density at radius 2 is 1.63 bits per heavy atom. The van der Waals surface area contributed by atoms with Gasteiger partial charge >= 0.3 is 0 Å². The Bertz CT molecular complexity index is 1100. The Labute approximate surface area is 249 Å². The van der Waals surface area contributed by atoms with E-state index in [0.717, 1.165) is 38.5 Å². The number of rotatable bonds is 2. The number of fused-ring (bicyclic) bond motifs is 4. The molecular formula is C30H45NO4S3. The molecule has 212 valence electrons. The average molecular weight is 580 g/mol.